The second kappa shape index (κ2) is 19.7. The molecule has 19 heteroatoms. The lowest BCUT2D eigenvalue weighted by Gasteiger charge is -2.37. The Balaban J connectivity index is 0.000000171. The number of nitrogens with one attached hydrogen (secondary N) is 1. The zero-order chi connectivity index (χ0) is 47.5. The standard InChI is InChI=1S/C25H25F4N7.C24H26FN7/c1-34(15-16-5-6-17(26)14-20(16)25(27,28)29)18-8-12-36(13-9-18)24-19-4-3-10-30-22(19)23(32-33-24)21-7-11-31-35(21)2;1-31-22(7-10-28-31)23-19-3-2-4-20(19)24(30-29-23)32-11-8-18(9-12-32)27-15-16-5-6-21(25)17(13-16)14-26/h3-7,10-11,14,18H,8-9,12-13,15H2,1-2H3;5-7,10,13,18,27H,2-4,8-9,11-12,15H2,1H3. The molecule has 7 aromatic rings. The highest BCUT2D eigenvalue weighted by atomic mass is 19.4. The normalized spacial score (nSPS) is 15.7. The highest BCUT2D eigenvalue weighted by Gasteiger charge is 2.35. The van der Waals surface area contributed by atoms with Gasteiger partial charge >= 0.3 is 6.18 Å². The molecule has 2 aromatic carbocycles. The minimum absolute atomic E-state index is 0.0718. The molecule has 1 aliphatic carbocycles. The van der Waals surface area contributed by atoms with Gasteiger partial charge in [0.05, 0.1) is 22.5 Å². The van der Waals surface area contributed by atoms with Gasteiger partial charge in [-0.1, -0.05) is 12.1 Å². The summed E-state index contributed by atoms with van der Waals surface area (Å²) in [5, 5.41) is 40.3. The molecule has 2 aliphatic heterocycles. The lowest BCUT2D eigenvalue weighted by atomic mass is 10.0. The van der Waals surface area contributed by atoms with E-state index in [0.717, 1.165) is 109 Å². The minimum atomic E-state index is -4.60. The smallest absolute Gasteiger partial charge is 0.355 e. The first-order valence-electron chi connectivity index (χ1n) is 22.8. The summed E-state index contributed by atoms with van der Waals surface area (Å²) in [5.74, 6) is 0.425. The Labute approximate surface area is 390 Å². The van der Waals surface area contributed by atoms with Crippen molar-refractivity contribution in [2.75, 3.05) is 43.0 Å². The Bertz CT molecular complexity index is 2940. The van der Waals surface area contributed by atoms with Crippen LogP contribution in [-0.2, 0) is 46.2 Å². The quantitative estimate of drug-likeness (QED) is 0.134. The van der Waals surface area contributed by atoms with E-state index in [-0.39, 0.29) is 23.7 Å². The summed E-state index contributed by atoms with van der Waals surface area (Å²) in [4.78, 5) is 11.0. The SMILES string of the molecule is CN(Cc1ccc(F)cc1C(F)(F)F)C1CCN(c2nnc(-c3ccnn3C)c3ncccc23)CC1.Cn1nccc1-c1nnc(N2CCC(NCc3ccc(F)c(C#N)c3)CC2)c2c1CCC2. The molecule has 0 atom stereocenters. The molecule has 3 aliphatic rings. The zero-order valence-corrected chi connectivity index (χ0v) is 38.1. The summed E-state index contributed by atoms with van der Waals surface area (Å²) in [6.07, 6.45) is 7.35. The number of piperidine rings is 2. The number of aryl methyl sites for hydroxylation is 2. The predicted molar refractivity (Wildman–Crippen MR) is 247 cm³/mol. The van der Waals surface area contributed by atoms with Crippen LogP contribution in [0.5, 0.6) is 0 Å². The van der Waals surface area contributed by atoms with Gasteiger partial charge in [0.25, 0.3) is 0 Å². The summed E-state index contributed by atoms with van der Waals surface area (Å²) in [5.41, 5.74) is 7.04. The molecule has 0 unspecified atom stereocenters. The van der Waals surface area contributed by atoms with Crippen LogP contribution in [0.2, 0.25) is 0 Å². The average Bonchev–Trinajstić information content (AvgIpc) is 4.13. The summed E-state index contributed by atoms with van der Waals surface area (Å²) in [6, 6.07) is 17.7. The third-order valence-corrected chi connectivity index (χ3v) is 13.4. The fourth-order valence-corrected chi connectivity index (χ4v) is 9.71. The molecular formula is C49H51F5N14. The molecule has 352 valence electrons. The molecule has 0 amide bonds. The molecular weight excluding hydrogens is 880 g/mol. The van der Waals surface area contributed by atoms with Crippen molar-refractivity contribution in [1.29, 1.82) is 5.26 Å². The molecule has 0 radical (unpaired) electrons. The maximum atomic E-state index is 13.5. The number of nitriles is 1. The van der Waals surface area contributed by atoms with Crippen molar-refractivity contribution in [1.82, 2.24) is 55.2 Å². The van der Waals surface area contributed by atoms with E-state index in [4.69, 9.17) is 5.26 Å². The molecule has 68 heavy (non-hydrogen) atoms. The van der Waals surface area contributed by atoms with Gasteiger partial charge in [0, 0.05) is 95.0 Å². The van der Waals surface area contributed by atoms with Crippen LogP contribution in [0.25, 0.3) is 33.7 Å². The molecule has 0 saturated carbocycles. The Morgan fingerprint density at radius 1 is 0.765 bits per heavy atom. The van der Waals surface area contributed by atoms with Crippen molar-refractivity contribution in [3.05, 3.63) is 124 Å². The maximum absolute atomic E-state index is 13.5. The number of nitrogens with zero attached hydrogens (tertiary/aromatic N) is 13. The number of hydrogen-bond acceptors (Lipinski definition) is 12. The number of anilines is 2. The summed E-state index contributed by atoms with van der Waals surface area (Å²) in [6.45, 7) is 3.93. The van der Waals surface area contributed by atoms with Crippen molar-refractivity contribution in [3.8, 4) is 28.8 Å². The number of hydrogen-bond donors (Lipinski definition) is 1. The Morgan fingerprint density at radius 2 is 1.43 bits per heavy atom. The van der Waals surface area contributed by atoms with E-state index < -0.39 is 23.4 Å². The highest BCUT2D eigenvalue weighted by Crippen LogP contribution is 2.37. The summed E-state index contributed by atoms with van der Waals surface area (Å²) < 4.78 is 70.8. The molecule has 0 bridgehead atoms. The van der Waals surface area contributed by atoms with Crippen LogP contribution in [0, 0.1) is 23.0 Å². The monoisotopic (exact) mass is 930 g/mol. The lowest BCUT2D eigenvalue weighted by molar-refractivity contribution is -0.138. The van der Waals surface area contributed by atoms with Crippen LogP contribution in [0.15, 0.2) is 79.3 Å². The van der Waals surface area contributed by atoms with E-state index in [2.05, 4.69) is 50.7 Å². The third kappa shape index (κ3) is 9.74. The topological polar surface area (TPSA) is 146 Å². The second-order valence-electron chi connectivity index (χ2n) is 17.6. The predicted octanol–water partition coefficient (Wildman–Crippen LogP) is 7.82. The van der Waals surface area contributed by atoms with Gasteiger partial charge in [0.15, 0.2) is 11.6 Å². The molecule has 10 rings (SSSR count). The van der Waals surface area contributed by atoms with E-state index in [9.17, 15) is 22.0 Å². The van der Waals surface area contributed by atoms with Gasteiger partial charge in [-0.2, -0.15) is 28.6 Å². The van der Waals surface area contributed by atoms with Crippen LogP contribution >= 0.6 is 0 Å². The van der Waals surface area contributed by atoms with E-state index in [1.807, 2.05) is 61.1 Å². The summed E-state index contributed by atoms with van der Waals surface area (Å²) in [7, 11) is 5.59. The van der Waals surface area contributed by atoms with Crippen molar-refractivity contribution >= 4 is 22.5 Å². The van der Waals surface area contributed by atoms with Gasteiger partial charge in [0.1, 0.15) is 34.6 Å². The van der Waals surface area contributed by atoms with Crippen LogP contribution in [0.4, 0.5) is 33.6 Å². The molecule has 2 saturated heterocycles. The summed E-state index contributed by atoms with van der Waals surface area (Å²) >= 11 is 0. The van der Waals surface area contributed by atoms with E-state index in [1.54, 1.807) is 35.4 Å². The highest BCUT2D eigenvalue weighted by molar-refractivity contribution is 5.97. The van der Waals surface area contributed by atoms with E-state index in [1.165, 1.54) is 23.3 Å². The number of aromatic nitrogens is 9. The fourth-order valence-electron chi connectivity index (χ4n) is 9.71. The molecule has 2 fully saturated rings. The van der Waals surface area contributed by atoms with Crippen LogP contribution in [-0.4, -0.2) is 95.1 Å². The molecule has 7 heterocycles. The third-order valence-electron chi connectivity index (χ3n) is 13.4. The van der Waals surface area contributed by atoms with E-state index >= 15 is 0 Å². The zero-order valence-electron chi connectivity index (χ0n) is 38.1. The van der Waals surface area contributed by atoms with Crippen molar-refractivity contribution in [2.45, 2.75) is 76.3 Å². The first-order chi connectivity index (χ1) is 32.9. The van der Waals surface area contributed by atoms with Gasteiger partial charge in [0.2, 0.25) is 0 Å². The second-order valence-corrected chi connectivity index (χ2v) is 17.6. The first kappa shape index (κ1) is 46.2. The molecule has 5 aromatic heterocycles. The number of rotatable bonds is 10. The Morgan fingerprint density at radius 3 is 2.12 bits per heavy atom. The Hall–Kier alpha value is -6.91. The van der Waals surface area contributed by atoms with Crippen molar-refractivity contribution in [2.24, 2.45) is 14.1 Å². The minimum Gasteiger partial charge on any atom is -0.355 e. The van der Waals surface area contributed by atoms with Crippen molar-refractivity contribution < 1.29 is 22.0 Å². The van der Waals surface area contributed by atoms with Gasteiger partial charge in [-0.15, -0.1) is 20.4 Å². The molecule has 0 spiro atoms. The van der Waals surface area contributed by atoms with Crippen LogP contribution < -0.4 is 15.1 Å². The first-order valence-corrected chi connectivity index (χ1v) is 22.8. The van der Waals surface area contributed by atoms with Crippen LogP contribution in [0.1, 0.15) is 65.5 Å². The van der Waals surface area contributed by atoms with E-state index in [0.29, 0.717) is 37.4 Å². The number of halogens is 5. The maximum Gasteiger partial charge on any atom is 0.416 e. The van der Waals surface area contributed by atoms with Crippen LogP contribution in [0.3, 0.4) is 0 Å². The number of pyridine rings is 1. The Kier molecular flexibility index (Phi) is 13.4. The average molecular weight is 931 g/mol. The number of alkyl halides is 3. The lowest BCUT2D eigenvalue weighted by Crippen LogP contribution is -2.43. The van der Waals surface area contributed by atoms with Gasteiger partial charge < -0.3 is 15.1 Å². The molecule has 1 N–H and O–H groups in total. The number of fused-ring (bicyclic) bond motifs is 2. The largest absolute Gasteiger partial charge is 0.416 e. The van der Waals surface area contributed by atoms with Crippen molar-refractivity contribution in [3.63, 3.8) is 0 Å². The fraction of sp³-hybridized carbons (Fsp3) is 0.388. The van der Waals surface area contributed by atoms with Gasteiger partial charge in [-0.3, -0.25) is 19.2 Å². The molecule has 14 nitrogen and oxygen atoms in total. The van der Waals surface area contributed by atoms with Gasteiger partial charge in [-0.05, 0) is 117 Å². The number of benzene rings is 2. The van der Waals surface area contributed by atoms with Gasteiger partial charge in [-0.25, -0.2) is 8.78 Å².